The molecule has 2 aromatic carbocycles. The SMILES string of the molecule is CCN(CC)S(=O)(=O)c1ccc(NC(=O)C(C)Oc2ccc(Br)cc2)cc1. The highest BCUT2D eigenvalue weighted by Crippen LogP contribution is 2.20. The molecule has 0 aliphatic carbocycles. The highest BCUT2D eigenvalue weighted by atomic mass is 79.9. The average Bonchev–Trinajstić information content (AvgIpc) is 2.64. The molecular weight excluding hydrogens is 432 g/mol. The second-order valence-electron chi connectivity index (χ2n) is 5.82. The van der Waals surface area contributed by atoms with E-state index in [0.29, 0.717) is 24.5 Å². The molecule has 1 amide bonds. The molecule has 0 radical (unpaired) electrons. The Morgan fingerprint density at radius 1 is 1.07 bits per heavy atom. The molecule has 0 saturated heterocycles. The van der Waals surface area contributed by atoms with Crippen molar-refractivity contribution in [2.45, 2.75) is 31.8 Å². The molecule has 0 spiro atoms. The van der Waals surface area contributed by atoms with E-state index in [-0.39, 0.29) is 10.8 Å². The van der Waals surface area contributed by atoms with E-state index in [1.807, 2.05) is 12.1 Å². The van der Waals surface area contributed by atoms with E-state index in [1.165, 1.54) is 16.4 Å². The number of anilines is 1. The van der Waals surface area contributed by atoms with Crippen LogP contribution in [0.3, 0.4) is 0 Å². The molecule has 2 aromatic rings. The average molecular weight is 455 g/mol. The Bertz CT molecular complexity index is 864. The van der Waals surface area contributed by atoms with Crippen LogP contribution < -0.4 is 10.1 Å². The zero-order valence-electron chi connectivity index (χ0n) is 15.5. The summed E-state index contributed by atoms with van der Waals surface area (Å²) in [6, 6.07) is 13.3. The molecule has 2 rings (SSSR count). The Morgan fingerprint density at radius 3 is 2.15 bits per heavy atom. The summed E-state index contributed by atoms with van der Waals surface area (Å²) in [4.78, 5) is 12.5. The summed E-state index contributed by atoms with van der Waals surface area (Å²) in [5.41, 5.74) is 0.504. The number of carbonyl (C=O) groups is 1. The number of nitrogens with zero attached hydrogens (tertiary/aromatic N) is 1. The number of hydrogen-bond acceptors (Lipinski definition) is 4. The molecule has 0 bridgehead atoms. The number of benzene rings is 2. The van der Waals surface area contributed by atoms with Crippen molar-refractivity contribution in [3.8, 4) is 5.75 Å². The van der Waals surface area contributed by atoms with Gasteiger partial charge in [-0.15, -0.1) is 0 Å². The molecule has 6 nitrogen and oxygen atoms in total. The van der Waals surface area contributed by atoms with Gasteiger partial charge >= 0.3 is 0 Å². The lowest BCUT2D eigenvalue weighted by atomic mass is 10.3. The molecule has 0 aliphatic rings. The van der Waals surface area contributed by atoms with Gasteiger partial charge in [-0.1, -0.05) is 29.8 Å². The number of carbonyl (C=O) groups excluding carboxylic acids is 1. The number of ether oxygens (including phenoxy) is 1. The Morgan fingerprint density at radius 2 is 1.63 bits per heavy atom. The number of hydrogen-bond donors (Lipinski definition) is 1. The zero-order valence-corrected chi connectivity index (χ0v) is 17.9. The molecule has 8 heteroatoms. The highest BCUT2D eigenvalue weighted by Gasteiger charge is 2.21. The van der Waals surface area contributed by atoms with E-state index in [1.54, 1.807) is 45.0 Å². The van der Waals surface area contributed by atoms with Crippen molar-refractivity contribution in [2.75, 3.05) is 18.4 Å². The second kappa shape index (κ2) is 9.34. The van der Waals surface area contributed by atoms with Gasteiger partial charge in [-0.2, -0.15) is 4.31 Å². The number of sulfonamides is 1. The van der Waals surface area contributed by atoms with Gasteiger partial charge in [0, 0.05) is 23.2 Å². The first kappa shape index (κ1) is 21.4. The third kappa shape index (κ3) is 5.54. The van der Waals surface area contributed by atoms with Gasteiger partial charge in [-0.05, 0) is 55.5 Å². The molecular formula is C19H23BrN2O4S. The summed E-state index contributed by atoms with van der Waals surface area (Å²) in [6.07, 6.45) is -0.703. The molecule has 1 unspecified atom stereocenters. The normalized spacial score (nSPS) is 12.6. The fourth-order valence-electron chi connectivity index (χ4n) is 2.44. The van der Waals surface area contributed by atoms with Gasteiger partial charge in [-0.3, -0.25) is 4.79 Å². The van der Waals surface area contributed by atoms with Crippen LogP contribution in [0, 0.1) is 0 Å². The van der Waals surface area contributed by atoms with Crippen LogP contribution in [0.1, 0.15) is 20.8 Å². The number of rotatable bonds is 8. The first-order valence-electron chi connectivity index (χ1n) is 8.61. The number of nitrogens with one attached hydrogen (secondary N) is 1. The van der Waals surface area contributed by atoms with Gasteiger partial charge in [0.25, 0.3) is 5.91 Å². The maximum Gasteiger partial charge on any atom is 0.265 e. The molecule has 0 saturated carbocycles. The van der Waals surface area contributed by atoms with Gasteiger partial charge in [-0.25, -0.2) is 8.42 Å². The minimum atomic E-state index is -3.51. The summed E-state index contributed by atoms with van der Waals surface area (Å²) in [5.74, 6) is 0.263. The standard InChI is InChI=1S/C19H23BrN2O4S/c1-4-22(5-2)27(24,25)18-12-8-16(9-13-18)21-19(23)14(3)26-17-10-6-15(20)7-11-17/h6-14H,4-5H2,1-3H3,(H,21,23). The minimum Gasteiger partial charge on any atom is -0.481 e. The van der Waals surface area contributed by atoms with Crippen LogP contribution in [0.5, 0.6) is 5.75 Å². The monoisotopic (exact) mass is 454 g/mol. The predicted octanol–water partition coefficient (Wildman–Crippen LogP) is 3.89. The lowest BCUT2D eigenvalue weighted by Gasteiger charge is -2.19. The van der Waals surface area contributed by atoms with Crippen LogP contribution in [-0.2, 0) is 14.8 Å². The van der Waals surface area contributed by atoms with Crippen LogP contribution in [0.15, 0.2) is 57.9 Å². The lowest BCUT2D eigenvalue weighted by molar-refractivity contribution is -0.122. The van der Waals surface area contributed by atoms with Crippen LogP contribution in [0.25, 0.3) is 0 Å². The largest absolute Gasteiger partial charge is 0.481 e. The van der Waals surface area contributed by atoms with Gasteiger partial charge in [0.05, 0.1) is 4.90 Å². The molecule has 27 heavy (non-hydrogen) atoms. The maximum absolute atomic E-state index is 12.5. The first-order valence-corrected chi connectivity index (χ1v) is 10.8. The zero-order chi connectivity index (χ0) is 20.0. The molecule has 0 aliphatic heterocycles. The van der Waals surface area contributed by atoms with Gasteiger partial charge in [0.2, 0.25) is 10.0 Å². The molecule has 1 atom stereocenters. The van der Waals surface area contributed by atoms with E-state index in [2.05, 4.69) is 21.2 Å². The maximum atomic E-state index is 12.5. The predicted molar refractivity (Wildman–Crippen MR) is 109 cm³/mol. The van der Waals surface area contributed by atoms with Crippen molar-refractivity contribution in [2.24, 2.45) is 0 Å². The van der Waals surface area contributed by atoms with E-state index < -0.39 is 16.1 Å². The van der Waals surface area contributed by atoms with Gasteiger partial charge in [0.15, 0.2) is 6.10 Å². The summed E-state index contributed by atoms with van der Waals surface area (Å²) < 4.78 is 32.9. The first-order chi connectivity index (χ1) is 12.8. The number of halogens is 1. The van der Waals surface area contributed by atoms with Crippen LogP contribution >= 0.6 is 15.9 Å². The van der Waals surface area contributed by atoms with Gasteiger partial charge < -0.3 is 10.1 Å². The molecule has 146 valence electrons. The molecule has 0 fully saturated rings. The summed E-state index contributed by atoms with van der Waals surface area (Å²) in [7, 11) is -3.51. The fraction of sp³-hybridized carbons (Fsp3) is 0.316. The molecule has 1 N–H and O–H groups in total. The van der Waals surface area contributed by atoms with Crippen molar-refractivity contribution in [3.63, 3.8) is 0 Å². The van der Waals surface area contributed by atoms with Crippen LogP contribution in [-0.4, -0.2) is 37.8 Å². The fourth-order valence-corrected chi connectivity index (χ4v) is 4.16. The van der Waals surface area contributed by atoms with Crippen molar-refractivity contribution in [1.82, 2.24) is 4.31 Å². The molecule has 0 aromatic heterocycles. The van der Waals surface area contributed by atoms with Gasteiger partial charge in [0.1, 0.15) is 5.75 Å². The third-order valence-electron chi connectivity index (χ3n) is 3.96. The van der Waals surface area contributed by atoms with Crippen LogP contribution in [0.4, 0.5) is 5.69 Å². The topological polar surface area (TPSA) is 75.7 Å². The summed E-state index contributed by atoms with van der Waals surface area (Å²) in [6.45, 7) is 6.05. The van der Waals surface area contributed by atoms with E-state index in [9.17, 15) is 13.2 Å². The lowest BCUT2D eigenvalue weighted by Crippen LogP contribution is -2.31. The Kier molecular flexibility index (Phi) is 7.41. The number of amides is 1. The molecule has 0 heterocycles. The van der Waals surface area contributed by atoms with E-state index in [0.717, 1.165) is 4.47 Å². The Labute approximate surface area is 168 Å². The van der Waals surface area contributed by atoms with Crippen molar-refractivity contribution in [1.29, 1.82) is 0 Å². The van der Waals surface area contributed by atoms with Crippen molar-refractivity contribution in [3.05, 3.63) is 53.0 Å². The van der Waals surface area contributed by atoms with Crippen molar-refractivity contribution < 1.29 is 17.9 Å². The summed E-state index contributed by atoms with van der Waals surface area (Å²) >= 11 is 3.34. The highest BCUT2D eigenvalue weighted by molar-refractivity contribution is 9.10. The Balaban J connectivity index is 2.03. The smallest absolute Gasteiger partial charge is 0.265 e. The van der Waals surface area contributed by atoms with Crippen molar-refractivity contribution >= 4 is 37.5 Å². The van der Waals surface area contributed by atoms with E-state index >= 15 is 0 Å². The quantitative estimate of drug-likeness (QED) is 0.656. The summed E-state index contributed by atoms with van der Waals surface area (Å²) in [5, 5.41) is 2.73. The van der Waals surface area contributed by atoms with Crippen LogP contribution in [0.2, 0.25) is 0 Å². The minimum absolute atomic E-state index is 0.198. The third-order valence-corrected chi connectivity index (χ3v) is 6.55. The Hall–Kier alpha value is -1.90. The second-order valence-corrected chi connectivity index (χ2v) is 8.67. The van der Waals surface area contributed by atoms with E-state index in [4.69, 9.17) is 4.74 Å².